The predicted molar refractivity (Wildman–Crippen MR) is 140 cm³/mol. The molecule has 5 nitrogen and oxygen atoms in total. The number of pyridine rings is 1. The third-order valence-electron chi connectivity index (χ3n) is 6.45. The van der Waals surface area contributed by atoms with Crippen molar-refractivity contribution in [3.05, 3.63) is 78.6 Å². The van der Waals surface area contributed by atoms with Crippen molar-refractivity contribution in [2.75, 3.05) is 31.2 Å². The quantitative estimate of drug-likeness (QED) is 0.378. The van der Waals surface area contributed by atoms with Crippen molar-refractivity contribution in [1.82, 2.24) is 14.9 Å². The SMILES string of the molecule is C=C(Nc1cc2cc(-c3cnc(N)s3)ccc2cn1)c1cccc(CC2CCN(C)CC2)c1. The Labute approximate surface area is 199 Å². The highest BCUT2D eigenvalue weighted by molar-refractivity contribution is 7.18. The number of aromatic nitrogens is 2. The summed E-state index contributed by atoms with van der Waals surface area (Å²) in [6.45, 7) is 6.69. The molecule has 5 rings (SSSR count). The molecule has 1 fully saturated rings. The molecule has 3 N–H and O–H groups in total. The van der Waals surface area contributed by atoms with Crippen LogP contribution in [0.5, 0.6) is 0 Å². The van der Waals surface area contributed by atoms with Gasteiger partial charge in [-0.3, -0.25) is 0 Å². The van der Waals surface area contributed by atoms with Crippen molar-refractivity contribution in [3.63, 3.8) is 0 Å². The second kappa shape index (κ2) is 9.33. The van der Waals surface area contributed by atoms with E-state index in [1.54, 1.807) is 0 Å². The first-order chi connectivity index (χ1) is 16.0. The zero-order chi connectivity index (χ0) is 22.8. The van der Waals surface area contributed by atoms with Crippen LogP contribution in [0.4, 0.5) is 10.9 Å². The van der Waals surface area contributed by atoms with Crippen LogP contribution in [0.1, 0.15) is 24.0 Å². The van der Waals surface area contributed by atoms with Gasteiger partial charge in [0, 0.05) is 23.5 Å². The Morgan fingerprint density at radius 1 is 1.09 bits per heavy atom. The minimum Gasteiger partial charge on any atom is -0.375 e. The number of nitrogen functional groups attached to an aromatic ring is 1. The van der Waals surface area contributed by atoms with E-state index < -0.39 is 0 Å². The molecule has 0 atom stereocenters. The fourth-order valence-electron chi connectivity index (χ4n) is 4.50. The maximum absolute atomic E-state index is 5.81. The molecule has 0 unspecified atom stereocenters. The lowest BCUT2D eigenvalue weighted by Gasteiger charge is -2.29. The summed E-state index contributed by atoms with van der Waals surface area (Å²) in [6, 6.07) is 17.1. The number of likely N-dealkylation sites (tertiary alicyclic amines) is 1. The van der Waals surface area contributed by atoms with Crippen LogP contribution >= 0.6 is 11.3 Å². The molecule has 3 heterocycles. The number of hydrogen-bond acceptors (Lipinski definition) is 6. The molecule has 1 aliphatic rings. The molecular formula is C27H29N5S. The molecule has 6 heteroatoms. The van der Waals surface area contributed by atoms with Crippen molar-refractivity contribution >= 4 is 38.8 Å². The smallest absolute Gasteiger partial charge is 0.180 e. The van der Waals surface area contributed by atoms with Gasteiger partial charge in [-0.15, -0.1) is 0 Å². The maximum Gasteiger partial charge on any atom is 0.180 e. The van der Waals surface area contributed by atoms with Crippen LogP contribution in [0.15, 0.2) is 67.5 Å². The number of nitrogens with one attached hydrogen (secondary N) is 1. The number of thiazole rings is 1. The number of benzene rings is 2. The van der Waals surface area contributed by atoms with Gasteiger partial charge in [-0.1, -0.05) is 48.2 Å². The van der Waals surface area contributed by atoms with E-state index in [0.29, 0.717) is 5.13 Å². The van der Waals surface area contributed by atoms with Gasteiger partial charge < -0.3 is 16.0 Å². The first kappa shape index (κ1) is 21.6. The molecule has 168 valence electrons. The van der Waals surface area contributed by atoms with E-state index in [-0.39, 0.29) is 0 Å². The fourth-order valence-corrected chi connectivity index (χ4v) is 5.18. The summed E-state index contributed by atoms with van der Waals surface area (Å²) in [5.41, 5.74) is 10.3. The number of anilines is 2. The van der Waals surface area contributed by atoms with Crippen molar-refractivity contribution < 1.29 is 0 Å². The third-order valence-corrected chi connectivity index (χ3v) is 7.32. The summed E-state index contributed by atoms with van der Waals surface area (Å²) in [5.74, 6) is 1.55. The summed E-state index contributed by atoms with van der Waals surface area (Å²) in [5, 5.41) is 6.19. The van der Waals surface area contributed by atoms with Gasteiger partial charge in [0.25, 0.3) is 0 Å². The van der Waals surface area contributed by atoms with Gasteiger partial charge in [-0.05, 0) is 85.6 Å². The second-order valence-electron chi connectivity index (χ2n) is 8.95. The van der Waals surface area contributed by atoms with Gasteiger partial charge in [-0.2, -0.15) is 0 Å². The molecule has 0 aliphatic carbocycles. The van der Waals surface area contributed by atoms with Crippen molar-refractivity contribution in [3.8, 4) is 10.4 Å². The molecule has 1 aliphatic heterocycles. The topological polar surface area (TPSA) is 67.1 Å². The molecule has 2 aromatic heterocycles. The van der Waals surface area contributed by atoms with Gasteiger partial charge in [0.05, 0.1) is 4.88 Å². The molecular weight excluding hydrogens is 426 g/mol. The monoisotopic (exact) mass is 455 g/mol. The molecule has 0 amide bonds. The van der Waals surface area contributed by atoms with Gasteiger partial charge >= 0.3 is 0 Å². The molecule has 2 aromatic carbocycles. The van der Waals surface area contributed by atoms with Gasteiger partial charge in [-0.25, -0.2) is 9.97 Å². The Balaban J connectivity index is 1.31. The van der Waals surface area contributed by atoms with Gasteiger partial charge in [0.1, 0.15) is 5.82 Å². The Hall–Kier alpha value is -3.22. The zero-order valence-electron chi connectivity index (χ0n) is 18.9. The van der Waals surface area contributed by atoms with E-state index in [2.05, 4.69) is 82.3 Å². The van der Waals surface area contributed by atoms with Gasteiger partial charge in [0.15, 0.2) is 5.13 Å². The van der Waals surface area contributed by atoms with Crippen molar-refractivity contribution in [2.45, 2.75) is 19.3 Å². The number of piperidine rings is 1. The van der Waals surface area contributed by atoms with E-state index in [9.17, 15) is 0 Å². The number of hydrogen-bond donors (Lipinski definition) is 2. The number of nitrogens with zero attached hydrogens (tertiary/aromatic N) is 3. The van der Waals surface area contributed by atoms with Crippen molar-refractivity contribution in [2.24, 2.45) is 5.92 Å². The lowest BCUT2D eigenvalue weighted by molar-refractivity contribution is 0.219. The third kappa shape index (κ3) is 5.07. The fraction of sp³-hybridized carbons (Fsp3) is 0.259. The average Bonchev–Trinajstić information content (AvgIpc) is 3.26. The van der Waals surface area contributed by atoms with Crippen LogP contribution in [0.2, 0.25) is 0 Å². The highest BCUT2D eigenvalue weighted by Gasteiger charge is 2.17. The summed E-state index contributed by atoms with van der Waals surface area (Å²) in [7, 11) is 2.21. The van der Waals surface area contributed by atoms with Crippen LogP contribution in [-0.2, 0) is 6.42 Å². The number of rotatable bonds is 6. The van der Waals surface area contributed by atoms with Crippen LogP contribution < -0.4 is 11.1 Å². The lowest BCUT2D eigenvalue weighted by Crippen LogP contribution is -2.30. The van der Waals surface area contributed by atoms with E-state index in [0.717, 1.165) is 50.6 Å². The largest absolute Gasteiger partial charge is 0.375 e. The summed E-state index contributed by atoms with van der Waals surface area (Å²) >= 11 is 1.49. The summed E-state index contributed by atoms with van der Waals surface area (Å²) in [6.07, 6.45) is 7.40. The average molecular weight is 456 g/mol. The predicted octanol–water partition coefficient (Wildman–Crippen LogP) is 5.91. The van der Waals surface area contributed by atoms with Crippen LogP contribution in [0, 0.1) is 5.92 Å². The molecule has 0 spiro atoms. The maximum atomic E-state index is 5.81. The Bertz CT molecular complexity index is 1290. The summed E-state index contributed by atoms with van der Waals surface area (Å²) < 4.78 is 0. The normalized spacial score (nSPS) is 15.1. The standard InChI is InChI=1S/C27H29N5S/c1-18(21-5-3-4-20(13-21)12-19-8-10-32(2)11-9-19)31-26-15-24-14-22(6-7-23(24)16-29-26)25-17-30-27(28)33-25/h3-7,13-17,19H,1,8-12H2,2H3,(H2,28,30)(H,29,31). The second-order valence-corrected chi connectivity index (χ2v) is 10.0. The highest BCUT2D eigenvalue weighted by Crippen LogP contribution is 2.31. The highest BCUT2D eigenvalue weighted by atomic mass is 32.1. The Kier molecular flexibility index (Phi) is 6.11. The first-order valence-corrected chi connectivity index (χ1v) is 12.2. The Morgan fingerprint density at radius 3 is 2.73 bits per heavy atom. The molecule has 0 saturated carbocycles. The minimum atomic E-state index is 0.580. The lowest BCUT2D eigenvalue weighted by atomic mass is 9.90. The zero-order valence-corrected chi connectivity index (χ0v) is 19.7. The van der Waals surface area contributed by atoms with E-state index in [1.807, 2.05) is 12.4 Å². The van der Waals surface area contributed by atoms with Gasteiger partial charge in [0.2, 0.25) is 0 Å². The first-order valence-electron chi connectivity index (χ1n) is 11.4. The molecule has 0 radical (unpaired) electrons. The minimum absolute atomic E-state index is 0.580. The number of fused-ring (bicyclic) bond motifs is 1. The van der Waals surface area contributed by atoms with Crippen LogP contribution in [0.25, 0.3) is 26.9 Å². The molecule has 4 aromatic rings. The number of nitrogens with two attached hydrogens (primary N) is 1. The van der Waals surface area contributed by atoms with E-state index in [4.69, 9.17) is 5.73 Å². The van der Waals surface area contributed by atoms with Crippen LogP contribution in [0.3, 0.4) is 0 Å². The van der Waals surface area contributed by atoms with E-state index in [1.165, 1.54) is 42.8 Å². The summed E-state index contributed by atoms with van der Waals surface area (Å²) in [4.78, 5) is 12.2. The molecule has 0 bridgehead atoms. The Morgan fingerprint density at radius 2 is 1.94 bits per heavy atom. The molecule has 33 heavy (non-hydrogen) atoms. The van der Waals surface area contributed by atoms with Crippen LogP contribution in [-0.4, -0.2) is 35.0 Å². The van der Waals surface area contributed by atoms with E-state index >= 15 is 0 Å². The molecule has 1 saturated heterocycles. The van der Waals surface area contributed by atoms with Crippen molar-refractivity contribution in [1.29, 1.82) is 0 Å².